The Morgan fingerprint density at radius 3 is 2.87 bits per heavy atom. The summed E-state index contributed by atoms with van der Waals surface area (Å²) in [6.07, 6.45) is 3.52. The molecule has 0 spiro atoms. The van der Waals surface area contributed by atoms with E-state index in [0.717, 1.165) is 59.1 Å². The average Bonchev–Trinajstić information content (AvgIpc) is 3.42. The van der Waals surface area contributed by atoms with Crippen molar-refractivity contribution in [2.75, 3.05) is 24.5 Å². The van der Waals surface area contributed by atoms with Crippen LogP contribution >= 0.6 is 0 Å². The van der Waals surface area contributed by atoms with E-state index in [9.17, 15) is 4.39 Å². The number of aryl methyl sites for hydroxylation is 2. The van der Waals surface area contributed by atoms with Gasteiger partial charge in [-0.25, -0.2) is 4.39 Å². The Balaban J connectivity index is 1.45. The number of rotatable bonds is 3. The number of hydrogen-bond donors (Lipinski definition) is 1. The van der Waals surface area contributed by atoms with Gasteiger partial charge in [-0.3, -0.25) is 4.98 Å². The maximum atomic E-state index is 14.3. The summed E-state index contributed by atoms with van der Waals surface area (Å²) >= 11 is 0. The molecule has 1 aromatic carbocycles. The normalized spacial score (nSPS) is 21.2. The number of pyridine rings is 1. The molecule has 4 heterocycles. The first kappa shape index (κ1) is 18.7. The maximum absolute atomic E-state index is 14.3. The second kappa shape index (κ2) is 6.99. The van der Waals surface area contributed by atoms with Gasteiger partial charge in [0.25, 0.3) is 0 Å². The van der Waals surface area contributed by atoms with E-state index in [1.165, 1.54) is 6.42 Å². The highest BCUT2D eigenvalue weighted by Gasteiger charge is 2.39. The third kappa shape index (κ3) is 3.15. The van der Waals surface area contributed by atoms with E-state index in [2.05, 4.69) is 15.2 Å². The van der Waals surface area contributed by atoms with Crippen molar-refractivity contribution in [3.63, 3.8) is 0 Å². The molecular weight excluding hydrogens is 393 g/mol. The van der Waals surface area contributed by atoms with Crippen molar-refractivity contribution in [1.82, 2.24) is 20.3 Å². The molecule has 6 rings (SSSR count). The van der Waals surface area contributed by atoms with Crippen molar-refractivity contribution in [3.8, 4) is 22.9 Å². The Labute approximate surface area is 180 Å². The largest absolute Gasteiger partial charge is 0.423 e. The number of aromatic nitrogens is 3. The van der Waals surface area contributed by atoms with Crippen LogP contribution in [0.5, 0.6) is 11.8 Å². The third-order valence-electron chi connectivity index (χ3n) is 6.75. The van der Waals surface area contributed by atoms with E-state index in [0.29, 0.717) is 30.1 Å². The van der Waals surface area contributed by atoms with Crippen molar-refractivity contribution in [2.24, 2.45) is 5.92 Å². The summed E-state index contributed by atoms with van der Waals surface area (Å²) in [7, 11) is 0. The van der Waals surface area contributed by atoms with Gasteiger partial charge in [-0.15, -0.1) is 0 Å². The molecule has 2 aromatic heterocycles. The molecule has 1 N–H and O–H groups in total. The topological polar surface area (TPSA) is 63.2 Å². The third-order valence-corrected chi connectivity index (χ3v) is 6.75. The molecule has 158 valence electrons. The van der Waals surface area contributed by atoms with Crippen LogP contribution in [0.15, 0.2) is 30.5 Å². The maximum Gasteiger partial charge on any atom is 0.324 e. The fourth-order valence-electron chi connectivity index (χ4n) is 5.19. The zero-order valence-electron chi connectivity index (χ0n) is 17.7. The zero-order valence-corrected chi connectivity index (χ0v) is 17.7. The molecular formula is C24H24FN5O. The molecule has 2 atom stereocenters. The van der Waals surface area contributed by atoms with E-state index in [4.69, 9.17) is 14.7 Å². The van der Waals surface area contributed by atoms with Gasteiger partial charge in [0, 0.05) is 36.8 Å². The minimum atomic E-state index is -0.221. The molecule has 2 fully saturated rings. The van der Waals surface area contributed by atoms with Crippen LogP contribution < -0.4 is 15.0 Å². The molecule has 6 nitrogen and oxygen atoms in total. The molecule has 2 aliphatic heterocycles. The predicted octanol–water partition coefficient (Wildman–Crippen LogP) is 3.79. The van der Waals surface area contributed by atoms with E-state index in [-0.39, 0.29) is 5.82 Å². The lowest BCUT2D eigenvalue weighted by Crippen LogP contribution is -2.30. The van der Waals surface area contributed by atoms with Crippen LogP contribution in [0.4, 0.5) is 10.2 Å². The van der Waals surface area contributed by atoms with E-state index in [1.54, 1.807) is 18.3 Å². The molecule has 3 aromatic rings. The summed E-state index contributed by atoms with van der Waals surface area (Å²) in [6.45, 7) is 6.80. The van der Waals surface area contributed by atoms with Crippen molar-refractivity contribution in [1.29, 1.82) is 0 Å². The van der Waals surface area contributed by atoms with Crippen LogP contribution in [0.25, 0.3) is 11.1 Å². The van der Waals surface area contributed by atoms with Crippen molar-refractivity contribution < 1.29 is 9.13 Å². The number of benzene rings is 1. The van der Waals surface area contributed by atoms with Gasteiger partial charge >= 0.3 is 6.01 Å². The molecule has 31 heavy (non-hydrogen) atoms. The quantitative estimate of drug-likeness (QED) is 0.547. The first-order valence-electron chi connectivity index (χ1n) is 10.8. The first-order chi connectivity index (χ1) is 15.0. The zero-order chi connectivity index (χ0) is 21.1. The molecule has 7 heteroatoms. The van der Waals surface area contributed by atoms with Gasteiger partial charge in [0.05, 0.1) is 11.9 Å². The molecule has 0 radical (unpaired) electrons. The summed E-state index contributed by atoms with van der Waals surface area (Å²) in [6, 6.07) is 7.79. The van der Waals surface area contributed by atoms with E-state index in [1.807, 2.05) is 26.0 Å². The van der Waals surface area contributed by atoms with Gasteiger partial charge in [-0.05, 0) is 73.7 Å². The lowest BCUT2D eigenvalue weighted by molar-refractivity contribution is 0.438. The van der Waals surface area contributed by atoms with Gasteiger partial charge in [-0.1, -0.05) is 0 Å². The van der Waals surface area contributed by atoms with Crippen molar-refractivity contribution in [2.45, 2.75) is 32.7 Å². The lowest BCUT2D eigenvalue weighted by atomic mass is 10.0. The highest BCUT2D eigenvalue weighted by molar-refractivity contribution is 5.85. The molecule has 1 aliphatic carbocycles. The number of anilines is 1. The minimum absolute atomic E-state index is 0.221. The molecule has 2 saturated heterocycles. The van der Waals surface area contributed by atoms with Crippen LogP contribution in [0, 0.1) is 25.6 Å². The van der Waals surface area contributed by atoms with Gasteiger partial charge in [-0.2, -0.15) is 9.97 Å². The van der Waals surface area contributed by atoms with Crippen LogP contribution in [-0.4, -0.2) is 40.6 Å². The summed E-state index contributed by atoms with van der Waals surface area (Å²) in [5, 5.41) is 3.60. The highest BCUT2D eigenvalue weighted by Crippen LogP contribution is 2.45. The average molecular weight is 417 g/mol. The van der Waals surface area contributed by atoms with Crippen LogP contribution in [0.3, 0.4) is 0 Å². The Bertz CT molecular complexity index is 1170. The molecule has 3 aliphatic rings. The number of fused-ring (bicyclic) bond motifs is 4. The van der Waals surface area contributed by atoms with Crippen molar-refractivity contribution in [3.05, 3.63) is 58.8 Å². The van der Waals surface area contributed by atoms with Gasteiger partial charge in [0.15, 0.2) is 0 Å². The number of halogens is 1. The Morgan fingerprint density at radius 2 is 2.06 bits per heavy atom. The van der Waals surface area contributed by atoms with Gasteiger partial charge in [0.1, 0.15) is 17.4 Å². The Hall–Kier alpha value is -3.06. The smallest absolute Gasteiger partial charge is 0.324 e. The first-order valence-corrected chi connectivity index (χ1v) is 10.8. The van der Waals surface area contributed by atoms with Gasteiger partial charge < -0.3 is 15.0 Å². The standard InChI is InChI=1S/C24H24FN5O/c1-13-7-16(25)8-19-18(13)9-20-22(19)23(30-11-15-5-6-26-21(15)12-30)29-24(28-20)31-17-4-3-14(2)27-10-17/h3-4,7-8,10,15,21,26H,5-6,9,11-12H2,1-2H3. The van der Waals surface area contributed by atoms with Crippen molar-refractivity contribution >= 4 is 5.82 Å². The fraction of sp³-hybridized carbons (Fsp3) is 0.375. The monoisotopic (exact) mass is 417 g/mol. The second-order valence-corrected chi connectivity index (χ2v) is 8.83. The van der Waals surface area contributed by atoms with Gasteiger partial charge in [0.2, 0.25) is 0 Å². The van der Waals surface area contributed by atoms with Crippen LogP contribution in [0.1, 0.15) is 28.9 Å². The predicted molar refractivity (Wildman–Crippen MR) is 116 cm³/mol. The fourth-order valence-corrected chi connectivity index (χ4v) is 5.19. The number of nitrogens with one attached hydrogen (secondary N) is 1. The minimum Gasteiger partial charge on any atom is -0.423 e. The Morgan fingerprint density at radius 1 is 1.16 bits per heavy atom. The lowest BCUT2D eigenvalue weighted by Gasteiger charge is -2.22. The highest BCUT2D eigenvalue weighted by atomic mass is 19.1. The molecule has 0 saturated carbocycles. The number of hydrogen-bond acceptors (Lipinski definition) is 6. The Kier molecular flexibility index (Phi) is 4.21. The molecule has 2 unspecified atom stereocenters. The summed E-state index contributed by atoms with van der Waals surface area (Å²) in [5.74, 6) is 1.85. The summed E-state index contributed by atoms with van der Waals surface area (Å²) in [5.41, 5.74) is 5.76. The summed E-state index contributed by atoms with van der Waals surface area (Å²) < 4.78 is 20.3. The van der Waals surface area contributed by atoms with Crippen LogP contribution in [0.2, 0.25) is 0 Å². The number of ether oxygens (including phenoxy) is 1. The SMILES string of the molecule is Cc1ccc(Oc2nc3c(c(N4CC5CCNC5C4)n2)-c2cc(F)cc(C)c2C3)cn1. The number of nitrogens with zero attached hydrogens (tertiary/aromatic N) is 4. The van der Waals surface area contributed by atoms with E-state index < -0.39 is 0 Å². The molecule has 0 bridgehead atoms. The van der Waals surface area contributed by atoms with Crippen LogP contribution in [-0.2, 0) is 6.42 Å². The van der Waals surface area contributed by atoms with E-state index >= 15 is 0 Å². The molecule has 0 amide bonds. The summed E-state index contributed by atoms with van der Waals surface area (Å²) in [4.78, 5) is 16.2. The second-order valence-electron chi connectivity index (χ2n) is 8.83.